The number of pyridine rings is 1. The van der Waals surface area contributed by atoms with Gasteiger partial charge in [-0.1, -0.05) is 42.5 Å². The molecule has 4 aromatic rings. The predicted octanol–water partition coefficient (Wildman–Crippen LogP) is 5.97. The fraction of sp³-hybridized carbons (Fsp3) is 0.265. The molecule has 6 rings (SSSR count). The Hall–Kier alpha value is -4.70. The number of rotatable bonds is 6. The molecule has 0 aliphatic carbocycles. The molecule has 1 fully saturated rings. The van der Waals surface area contributed by atoms with Crippen LogP contribution in [0.3, 0.4) is 0 Å². The third-order valence-electron chi connectivity index (χ3n) is 8.36. The van der Waals surface area contributed by atoms with Crippen molar-refractivity contribution in [1.82, 2.24) is 14.8 Å². The fourth-order valence-corrected chi connectivity index (χ4v) is 6.04. The number of alkyl halides is 3. The number of carbonyl (C=O) groups excluding carboxylic acids is 2. The first-order valence-electron chi connectivity index (χ1n) is 14.5. The molecule has 226 valence electrons. The number of anilines is 2. The number of hydrogen-bond donors (Lipinski definition) is 1. The first kappa shape index (κ1) is 29.4. The number of piperazine rings is 1. The number of halogens is 3. The number of fused-ring (bicyclic) bond motifs is 1. The molecular formula is C34H32F3N5O2. The highest BCUT2D eigenvalue weighted by atomic mass is 19.4. The van der Waals surface area contributed by atoms with E-state index in [0.29, 0.717) is 22.4 Å². The van der Waals surface area contributed by atoms with Crippen molar-refractivity contribution in [2.75, 3.05) is 43.4 Å². The van der Waals surface area contributed by atoms with Gasteiger partial charge in [0.25, 0.3) is 5.91 Å². The van der Waals surface area contributed by atoms with Crippen LogP contribution in [0.4, 0.5) is 24.5 Å². The van der Waals surface area contributed by atoms with Gasteiger partial charge in [-0.25, -0.2) is 0 Å². The van der Waals surface area contributed by atoms with Crippen LogP contribution in [-0.4, -0.2) is 59.8 Å². The highest BCUT2D eigenvalue weighted by Gasteiger charge is 2.44. The number of likely N-dealkylation sites (N-methyl/N-ethyl adjacent to an activating group) is 1. The SMILES string of the molecule is CN1CCN(c2cccc(NC(=O)[C@H]3c4ccccc4C(=O)N(Cc4cccnc4)[C@@H]3c3ccc(C(F)(F)F)cc3)c2)CC1. The third kappa shape index (κ3) is 6.03. The molecule has 3 heterocycles. The minimum atomic E-state index is -4.52. The molecule has 0 spiro atoms. The van der Waals surface area contributed by atoms with Gasteiger partial charge in [0, 0.05) is 62.1 Å². The monoisotopic (exact) mass is 599 g/mol. The van der Waals surface area contributed by atoms with E-state index in [9.17, 15) is 22.8 Å². The average Bonchev–Trinajstić information content (AvgIpc) is 3.03. The quantitative estimate of drug-likeness (QED) is 0.296. The van der Waals surface area contributed by atoms with E-state index in [4.69, 9.17) is 0 Å². The zero-order valence-corrected chi connectivity index (χ0v) is 24.2. The molecule has 0 bridgehead atoms. The molecule has 10 heteroatoms. The maximum absolute atomic E-state index is 14.3. The van der Waals surface area contributed by atoms with Crippen molar-refractivity contribution < 1.29 is 22.8 Å². The highest BCUT2D eigenvalue weighted by molar-refractivity contribution is 6.04. The van der Waals surface area contributed by atoms with Crippen molar-refractivity contribution in [2.45, 2.75) is 24.7 Å². The fourth-order valence-electron chi connectivity index (χ4n) is 6.04. The smallest absolute Gasteiger partial charge is 0.369 e. The summed E-state index contributed by atoms with van der Waals surface area (Å²) in [5, 5.41) is 3.07. The molecule has 2 aliphatic heterocycles. The Kier molecular flexibility index (Phi) is 8.09. The second-order valence-corrected chi connectivity index (χ2v) is 11.3. The van der Waals surface area contributed by atoms with Gasteiger partial charge in [0.1, 0.15) is 0 Å². The van der Waals surface area contributed by atoms with Crippen LogP contribution in [0.1, 0.15) is 44.6 Å². The number of aromatic nitrogens is 1. The number of carbonyl (C=O) groups is 2. The highest BCUT2D eigenvalue weighted by Crippen LogP contribution is 2.44. The van der Waals surface area contributed by atoms with Crippen LogP contribution in [0, 0.1) is 0 Å². The molecule has 7 nitrogen and oxygen atoms in total. The maximum atomic E-state index is 14.3. The molecule has 1 saturated heterocycles. The molecule has 0 saturated carbocycles. The zero-order valence-electron chi connectivity index (χ0n) is 24.2. The van der Waals surface area contributed by atoms with Gasteiger partial charge >= 0.3 is 6.18 Å². The lowest BCUT2D eigenvalue weighted by Crippen LogP contribution is -2.45. The molecule has 2 amide bonds. The van der Waals surface area contributed by atoms with Crippen molar-refractivity contribution in [3.05, 3.63) is 125 Å². The van der Waals surface area contributed by atoms with E-state index >= 15 is 0 Å². The van der Waals surface area contributed by atoms with Crippen LogP contribution < -0.4 is 10.2 Å². The number of benzene rings is 3. The van der Waals surface area contributed by atoms with Gasteiger partial charge in [-0.05, 0) is 66.2 Å². The lowest BCUT2D eigenvalue weighted by Gasteiger charge is -2.42. The first-order valence-corrected chi connectivity index (χ1v) is 14.5. The van der Waals surface area contributed by atoms with Gasteiger partial charge < -0.3 is 20.0 Å². The second kappa shape index (κ2) is 12.1. The summed E-state index contributed by atoms with van der Waals surface area (Å²) in [5.41, 5.74) is 2.86. The zero-order chi connectivity index (χ0) is 30.8. The Balaban J connectivity index is 1.40. The maximum Gasteiger partial charge on any atom is 0.416 e. The summed E-state index contributed by atoms with van der Waals surface area (Å²) in [4.78, 5) is 38.6. The molecule has 2 aliphatic rings. The van der Waals surface area contributed by atoms with Crippen LogP contribution in [0.5, 0.6) is 0 Å². The molecule has 44 heavy (non-hydrogen) atoms. The topological polar surface area (TPSA) is 68.8 Å². The largest absolute Gasteiger partial charge is 0.416 e. The Morgan fingerprint density at radius 2 is 1.68 bits per heavy atom. The summed E-state index contributed by atoms with van der Waals surface area (Å²) >= 11 is 0. The first-order chi connectivity index (χ1) is 21.2. The van der Waals surface area contributed by atoms with E-state index in [1.165, 1.54) is 12.1 Å². The lowest BCUT2D eigenvalue weighted by molar-refractivity contribution is -0.137. The number of nitrogens with zero attached hydrogens (tertiary/aromatic N) is 4. The summed E-state index contributed by atoms with van der Waals surface area (Å²) in [5.74, 6) is -1.57. The van der Waals surface area contributed by atoms with Gasteiger partial charge in [-0.3, -0.25) is 14.6 Å². The molecular weight excluding hydrogens is 567 g/mol. The van der Waals surface area contributed by atoms with E-state index in [0.717, 1.165) is 49.6 Å². The molecule has 3 aromatic carbocycles. The molecule has 0 unspecified atom stereocenters. The van der Waals surface area contributed by atoms with Gasteiger partial charge in [0.05, 0.1) is 17.5 Å². The summed E-state index contributed by atoms with van der Waals surface area (Å²) in [6, 6.07) is 22.0. The van der Waals surface area contributed by atoms with Crippen molar-refractivity contribution in [2.24, 2.45) is 0 Å². The summed E-state index contributed by atoms with van der Waals surface area (Å²) in [7, 11) is 2.09. The van der Waals surface area contributed by atoms with Crippen LogP contribution in [0.2, 0.25) is 0 Å². The minimum absolute atomic E-state index is 0.120. The molecule has 2 atom stereocenters. The third-order valence-corrected chi connectivity index (χ3v) is 8.36. The molecule has 0 radical (unpaired) electrons. The summed E-state index contributed by atoms with van der Waals surface area (Å²) in [6.45, 7) is 3.72. The van der Waals surface area contributed by atoms with Crippen molar-refractivity contribution in [3.63, 3.8) is 0 Å². The van der Waals surface area contributed by atoms with Gasteiger partial charge in [0.15, 0.2) is 0 Å². The Bertz CT molecular complexity index is 1640. The van der Waals surface area contributed by atoms with Crippen LogP contribution >= 0.6 is 0 Å². The van der Waals surface area contributed by atoms with Crippen molar-refractivity contribution in [3.8, 4) is 0 Å². The van der Waals surface area contributed by atoms with Gasteiger partial charge in [-0.2, -0.15) is 13.2 Å². The van der Waals surface area contributed by atoms with Crippen molar-refractivity contribution >= 4 is 23.2 Å². The predicted molar refractivity (Wildman–Crippen MR) is 162 cm³/mol. The van der Waals surface area contributed by atoms with Crippen molar-refractivity contribution in [1.29, 1.82) is 0 Å². The van der Waals surface area contributed by atoms with E-state index in [1.54, 1.807) is 47.6 Å². The number of nitrogens with one attached hydrogen (secondary N) is 1. The molecule has 1 N–H and O–H groups in total. The average molecular weight is 600 g/mol. The van der Waals surface area contributed by atoms with Crippen LogP contribution in [0.25, 0.3) is 0 Å². The van der Waals surface area contributed by atoms with E-state index in [2.05, 4.69) is 27.1 Å². The lowest BCUT2D eigenvalue weighted by atomic mass is 9.78. The normalized spacial score (nSPS) is 19.0. The van der Waals surface area contributed by atoms with E-state index in [-0.39, 0.29) is 18.4 Å². The van der Waals surface area contributed by atoms with E-state index < -0.39 is 23.7 Å². The van der Waals surface area contributed by atoms with Gasteiger partial charge in [0.2, 0.25) is 5.91 Å². The Morgan fingerprint density at radius 1 is 0.932 bits per heavy atom. The standard InChI is InChI=1S/C34H32F3N5O2/c1-40-16-18-41(19-17-40)27-8-4-7-26(20-27)39-32(43)30-28-9-2-3-10-29(28)33(44)42(22-23-6-5-15-38-21-23)31(30)24-11-13-25(14-12-24)34(35,36)37/h2-15,20-21,30-31H,16-19,22H2,1H3,(H,39,43)/t30-,31+/m0/s1. The number of amides is 2. The summed E-state index contributed by atoms with van der Waals surface area (Å²) < 4.78 is 40.4. The Morgan fingerprint density at radius 3 is 2.39 bits per heavy atom. The minimum Gasteiger partial charge on any atom is -0.369 e. The van der Waals surface area contributed by atoms with Crippen LogP contribution in [-0.2, 0) is 17.5 Å². The van der Waals surface area contributed by atoms with Crippen LogP contribution in [0.15, 0.2) is 97.3 Å². The Labute approximate surface area is 253 Å². The number of hydrogen-bond acceptors (Lipinski definition) is 5. The molecule has 1 aromatic heterocycles. The van der Waals surface area contributed by atoms with Gasteiger partial charge in [-0.15, -0.1) is 0 Å². The summed E-state index contributed by atoms with van der Waals surface area (Å²) in [6.07, 6.45) is -1.26. The second-order valence-electron chi connectivity index (χ2n) is 11.3. The van der Waals surface area contributed by atoms with E-state index in [1.807, 2.05) is 30.3 Å².